The van der Waals surface area contributed by atoms with Crippen LogP contribution in [0.1, 0.15) is 42.5 Å². The summed E-state index contributed by atoms with van der Waals surface area (Å²) in [7, 11) is -3.72. The van der Waals surface area contributed by atoms with Gasteiger partial charge in [0.05, 0.1) is 16.2 Å². The molecule has 2 aliphatic carbocycles. The average molecular weight is 377 g/mol. The van der Waals surface area contributed by atoms with Crippen molar-refractivity contribution in [2.45, 2.75) is 30.6 Å². The zero-order chi connectivity index (χ0) is 19.1. The van der Waals surface area contributed by atoms with Gasteiger partial charge in [0.15, 0.2) is 0 Å². The van der Waals surface area contributed by atoms with Crippen LogP contribution in [0.4, 0.5) is 0 Å². The Morgan fingerprint density at radius 3 is 2.22 bits per heavy atom. The van der Waals surface area contributed by atoms with Crippen LogP contribution in [0.3, 0.4) is 0 Å². The van der Waals surface area contributed by atoms with Gasteiger partial charge in [-0.2, -0.15) is 5.26 Å². The summed E-state index contributed by atoms with van der Waals surface area (Å²) in [6.07, 6.45) is 10.8. The zero-order valence-electron chi connectivity index (χ0n) is 14.7. The zero-order valence-corrected chi connectivity index (χ0v) is 15.5. The Hall–Kier alpha value is -2.75. The van der Waals surface area contributed by atoms with Gasteiger partial charge in [0.2, 0.25) is 10.0 Å². The number of hydrogen-bond donors (Lipinski definition) is 1. The molecule has 1 aromatic carbocycles. The minimum Gasteiger partial charge on any atom is -0.255 e. The molecule has 1 aromatic heterocycles. The molecule has 0 bridgehead atoms. The molecule has 0 unspecified atom stereocenters. The minimum absolute atomic E-state index is 0.0405. The van der Waals surface area contributed by atoms with E-state index in [4.69, 9.17) is 10.4 Å². The maximum absolute atomic E-state index is 11.5. The Bertz CT molecular complexity index is 1080. The fraction of sp³-hybridized carbons (Fsp3) is 0.238. The summed E-state index contributed by atoms with van der Waals surface area (Å²) in [6, 6.07) is 12.4. The monoisotopic (exact) mass is 377 g/mol. The molecular formula is C21H19N3O2S. The lowest BCUT2D eigenvalue weighted by Crippen LogP contribution is -2.11. The molecule has 136 valence electrons. The van der Waals surface area contributed by atoms with E-state index in [9.17, 15) is 8.42 Å². The van der Waals surface area contributed by atoms with E-state index in [0.717, 1.165) is 35.2 Å². The number of sulfonamides is 1. The number of pyridine rings is 1. The average Bonchev–Trinajstić information content (AvgIpc) is 3.28. The van der Waals surface area contributed by atoms with Crippen molar-refractivity contribution in [1.29, 1.82) is 5.26 Å². The number of nitriles is 1. The van der Waals surface area contributed by atoms with Gasteiger partial charge in [-0.15, -0.1) is 0 Å². The highest BCUT2D eigenvalue weighted by Gasteiger charge is 2.36. The van der Waals surface area contributed by atoms with E-state index in [0.29, 0.717) is 5.56 Å². The first-order chi connectivity index (χ1) is 12.9. The summed E-state index contributed by atoms with van der Waals surface area (Å²) in [5.74, 6) is 0. The van der Waals surface area contributed by atoms with Crippen LogP contribution in [0.2, 0.25) is 0 Å². The van der Waals surface area contributed by atoms with Crippen molar-refractivity contribution in [3.8, 4) is 6.07 Å². The third-order valence-corrected chi connectivity index (χ3v) is 6.28. The van der Waals surface area contributed by atoms with Gasteiger partial charge in [-0.25, -0.2) is 13.6 Å². The summed E-state index contributed by atoms with van der Waals surface area (Å²) in [5, 5.41) is 14.2. The summed E-state index contributed by atoms with van der Waals surface area (Å²) in [6.45, 7) is 0. The second kappa shape index (κ2) is 6.45. The van der Waals surface area contributed by atoms with Gasteiger partial charge in [0.25, 0.3) is 0 Å². The van der Waals surface area contributed by atoms with Crippen molar-refractivity contribution in [3.63, 3.8) is 0 Å². The highest BCUT2D eigenvalue weighted by molar-refractivity contribution is 7.89. The van der Waals surface area contributed by atoms with Gasteiger partial charge in [0, 0.05) is 17.2 Å². The number of nitrogens with two attached hydrogens (primary N) is 1. The van der Waals surface area contributed by atoms with Crippen LogP contribution in [-0.4, -0.2) is 13.4 Å². The maximum atomic E-state index is 11.5. The molecule has 0 atom stereocenters. The van der Waals surface area contributed by atoms with E-state index in [-0.39, 0.29) is 10.3 Å². The first kappa shape index (κ1) is 17.7. The Labute approximate surface area is 158 Å². The molecule has 2 aromatic rings. The fourth-order valence-corrected chi connectivity index (χ4v) is 4.50. The van der Waals surface area contributed by atoms with E-state index in [1.807, 2.05) is 6.07 Å². The van der Waals surface area contributed by atoms with Crippen molar-refractivity contribution < 1.29 is 8.42 Å². The lowest BCUT2D eigenvalue weighted by atomic mass is 9.88. The number of aromatic nitrogens is 1. The topological polar surface area (TPSA) is 96.8 Å². The predicted octanol–water partition coefficient (Wildman–Crippen LogP) is 3.64. The molecule has 0 aliphatic heterocycles. The first-order valence-electron chi connectivity index (χ1n) is 8.86. The molecule has 0 radical (unpaired) electrons. The Balaban J connectivity index is 1.78. The molecule has 1 saturated carbocycles. The Morgan fingerprint density at radius 2 is 1.67 bits per heavy atom. The molecule has 1 fully saturated rings. The molecule has 0 saturated heterocycles. The van der Waals surface area contributed by atoms with Gasteiger partial charge >= 0.3 is 0 Å². The molecular weight excluding hydrogens is 358 g/mol. The van der Waals surface area contributed by atoms with Crippen molar-refractivity contribution in [2.75, 3.05) is 0 Å². The molecule has 27 heavy (non-hydrogen) atoms. The highest BCUT2D eigenvalue weighted by atomic mass is 32.2. The number of allylic oxidation sites excluding steroid dienone is 4. The van der Waals surface area contributed by atoms with E-state index < -0.39 is 10.0 Å². The molecule has 2 aliphatic rings. The van der Waals surface area contributed by atoms with Crippen molar-refractivity contribution in [2.24, 2.45) is 10.6 Å². The lowest BCUT2D eigenvalue weighted by Gasteiger charge is -2.16. The summed E-state index contributed by atoms with van der Waals surface area (Å²) < 4.78 is 23.1. The minimum atomic E-state index is -3.72. The third-order valence-electron chi connectivity index (χ3n) is 5.35. The van der Waals surface area contributed by atoms with Crippen molar-refractivity contribution in [1.82, 2.24) is 4.98 Å². The van der Waals surface area contributed by atoms with Gasteiger partial charge in [0.1, 0.15) is 6.07 Å². The van der Waals surface area contributed by atoms with E-state index in [1.165, 1.54) is 25.0 Å². The quantitative estimate of drug-likeness (QED) is 0.883. The summed E-state index contributed by atoms with van der Waals surface area (Å²) in [4.78, 5) is 4.57. The van der Waals surface area contributed by atoms with Crippen LogP contribution in [0.15, 0.2) is 59.6 Å². The normalized spacial score (nSPS) is 18.2. The van der Waals surface area contributed by atoms with Gasteiger partial charge in [-0.1, -0.05) is 37.1 Å². The van der Waals surface area contributed by atoms with Crippen LogP contribution in [-0.2, 0) is 10.0 Å². The maximum Gasteiger partial charge on any atom is 0.238 e. The molecule has 0 amide bonds. The van der Waals surface area contributed by atoms with Crippen LogP contribution in [0, 0.1) is 16.7 Å². The summed E-state index contributed by atoms with van der Waals surface area (Å²) >= 11 is 0. The van der Waals surface area contributed by atoms with E-state index in [2.05, 4.69) is 23.2 Å². The first-order valence-corrected chi connectivity index (χ1v) is 10.4. The largest absolute Gasteiger partial charge is 0.255 e. The van der Waals surface area contributed by atoms with Gasteiger partial charge < -0.3 is 0 Å². The van der Waals surface area contributed by atoms with Crippen molar-refractivity contribution in [3.05, 3.63) is 71.6 Å². The van der Waals surface area contributed by atoms with Crippen LogP contribution in [0.25, 0.3) is 11.1 Å². The van der Waals surface area contributed by atoms with Gasteiger partial charge in [-0.05, 0) is 48.2 Å². The SMILES string of the molecule is N#Cc1ccc(C2=CC3(C=C2c2ccc(S(N)(=O)=O)cc2)CCCC3)nc1. The summed E-state index contributed by atoms with van der Waals surface area (Å²) in [5.41, 5.74) is 4.40. The lowest BCUT2D eigenvalue weighted by molar-refractivity contribution is 0.523. The number of primary sulfonamides is 1. The molecule has 2 N–H and O–H groups in total. The second-order valence-electron chi connectivity index (χ2n) is 7.17. The molecule has 6 heteroatoms. The van der Waals surface area contributed by atoms with Crippen LogP contribution in [0.5, 0.6) is 0 Å². The molecule has 1 heterocycles. The Morgan fingerprint density at radius 1 is 1.00 bits per heavy atom. The van der Waals surface area contributed by atoms with Crippen LogP contribution >= 0.6 is 0 Å². The van der Waals surface area contributed by atoms with Crippen LogP contribution < -0.4 is 5.14 Å². The number of hydrogen-bond acceptors (Lipinski definition) is 4. The molecule has 4 rings (SSSR count). The van der Waals surface area contributed by atoms with E-state index >= 15 is 0 Å². The number of benzene rings is 1. The number of rotatable bonds is 3. The predicted molar refractivity (Wildman–Crippen MR) is 104 cm³/mol. The fourth-order valence-electron chi connectivity index (χ4n) is 3.99. The highest BCUT2D eigenvalue weighted by Crippen LogP contribution is 2.51. The number of nitrogens with zero attached hydrogens (tertiary/aromatic N) is 2. The molecule has 5 nitrogen and oxygen atoms in total. The standard InChI is InChI=1S/C21H19N3O2S/c22-13-15-3-8-20(24-14-15)19-12-21(9-1-2-10-21)11-18(19)16-4-6-17(7-5-16)27(23,25)26/h3-8,11-12,14H,1-2,9-10H2,(H2,23,25,26). The Kier molecular flexibility index (Phi) is 4.22. The van der Waals surface area contributed by atoms with E-state index in [1.54, 1.807) is 24.4 Å². The molecule has 1 spiro atoms. The smallest absolute Gasteiger partial charge is 0.238 e. The second-order valence-corrected chi connectivity index (χ2v) is 8.73. The third kappa shape index (κ3) is 3.32. The van der Waals surface area contributed by atoms with Gasteiger partial charge in [-0.3, -0.25) is 4.98 Å². The van der Waals surface area contributed by atoms with Crippen molar-refractivity contribution >= 4 is 21.2 Å².